The summed E-state index contributed by atoms with van der Waals surface area (Å²) in [6.07, 6.45) is 0. The van der Waals surface area contributed by atoms with Crippen LogP contribution in [0.4, 0.5) is 0 Å². The molecule has 0 radical (unpaired) electrons. The van der Waals surface area contributed by atoms with Crippen LogP contribution in [0.15, 0.2) is 48.5 Å². The molecular formula is C23H21N3O3. The van der Waals surface area contributed by atoms with E-state index in [1.807, 2.05) is 38.1 Å². The highest BCUT2D eigenvalue weighted by atomic mass is 16.4. The van der Waals surface area contributed by atoms with Gasteiger partial charge >= 0.3 is 0 Å². The van der Waals surface area contributed by atoms with Crippen LogP contribution in [0.2, 0.25) is 0 Å². The van der Waals surface area contributed by atoms with Gasteiger partial charge in [-0.25, -0.2) is 0 Å². The van der Waals surface area contributed by atoms with Crippen LogP contribution in [0.5, 0.6) is 5.75 Å². The number of benzene rings is 2. The van der Waals surface area contributed by atoms with E-state index in [9.17, 15) is 10.4 Å². The van der Waals surface area contributed by atoms with E-state index < -0.39 is 5.97 Å². The van der Waals surface area contributed by atoms with E-state index in [0.29, 0.717) is 17.7 Å². The number of rotatable bonds is 3. The second-order valence-corrected chi connectivity index (χ2v) is 6.49. The molecule has 0 spiro atoms. The summed E-state index contributed by atoms with van der Waals surface area (Å²) in [5, 5.41) is 35.5. The van der Waals surface area contributed by atoms with E-state index in [2.05, 4.69) is 16.7 Å². The van der Waals surface area contributed by atoms with Gasteiger partial charge in [-0.15, -0.1) is 0 Å². The fourth-order valence-electron chi connectivity index (χ4n) is 3.11. The van der Waals surface area contributed by atoms with E-state index in [0.717, 1.165) is 35.0 Å². The van der Waals surface area contributed by atoms with E-state index in [-0.39, 0.29) is 5.75 Å². The van der Waals surface area contributed by atoms with Crippen LogP contribution in [0.3, 0.4) is 0 Å². The molecule has 1 aromatic heterocycles. The van der Waals surface area contributed by atoms with Crippen molar-refractivity contribution in [2.45, 2.75) is 27.3 Å². The molecule has 0 saturated carbocycles. The van der Waals surface area contributed by atoms with Crippen molar-refractivity contribution in [3.8, 4) is 29.0 Å². The predicted octanol–water partition coefficient (Wildman–Crippen LogP) is 4.36. The Hall–Kier alpha value is -4.03. The highest BCUT2D eigenvalue weighted by Crippen LogP contribution is 2.32. The van der Waals surface area contributed by atoms with Gasteiger partial charge in [0, 0.05) is 30.4 Å². The first kappa shape index (κ1) is 21.3. The molecule has 0 bridgehead atoms. The molecule has 0 aliphatic carbocycles. The smallest absolute Gasteiger partial charge is 0.300 e. The van der Waals surface area contributed by atoms with Crippen LogP contribution < -0.4 is 0 Å². The highest BCUT2D eigenvalue weighted by Gasteiger charge is 2.19. The predicted molar refractivity (Wildman–Crippen MR) is 109 cm³/mol. The van der Waals surface area contributed by atoms with Gasteiger partial charge in [-0.1, -0.05) is 24.3 Å². The lowest BCUT2D eigenvalue weighted by atomic mass is 10.0. The summed E-state index contributed by atoms with van der Waals surface area (Å²) in [4.78, 5) is 9.00. The topological polar surface area (TPSA) is 110 Å². The number of nitriles is 2. The highest BCUT2D eigenvalue weighted by molar-refractivity contribution is 5.75. The van der Waals surface area contributed by atoms with Crippen LogP contribution in [0.1, 0.15) is 35.0 Å². The molecule has 6 heteroatoms. The van der Waals surface area contributed by atoms with Crippen molar-refractivity contribution in [2.24, 2.45) is 0 Å². The van der Waals surface area contributed by atoms with Crippen molar-refractivity contribution >= 4 is 5.97 Å². The van der Waals surface area contributed by atoms with E-state index in [4.69, 9.17) is 15.2 Å². The number of carboxylic acid groups (broad SMARTS) is 1. The molecule has 0 fully saturated rings. The maximum atomic E-state index is 9.65. The maximum Gasteiger partial charge on any atom is 0.300 e. The number of carboxylic acids is 1. The summed E-state index contributed by atoms with van der Waals surface area (Å²) < 4.78 is 2.11. The van der Waals surface area contributed by atoms with E-state index >= 15 is 0 Å². The average molecular weight is 387 g/mol. The van der Waals surface area contributed by atoms with E-state index in [1.54, 1.807) is 24.3 Å². The molecule has 0 amide bonds. The minimum absolute atomic E-state index is 0.237. The third-order valence-electron chi connectivity index (χ3n) is 4.47. The summed E-state index contributed by atoms with van der Waals surface area (Å²) in [7, 11) is 0. The van der Waals surface area contributed by atoms with Gasteiger partial charge in [-0.3, -0.25) is 4.79 Å². The lowest BCUT2D eigenvalue weighted by Crippen LogP contribution is -2.04. The molecule has 2 aromatic carbocycles. The molecule has 3 aromatic rings. The van der Waals surface area contributed by atoms with Crippen molar-refractivity contribution in [3.05, 3.63) is 76.6 Å². The summed E-state index contributed by atoms with van der Waals surface area (Å²) in [6.45, 7) is 5.66. The van der Waals surface area contributed by atoms with Crippen molar-refractivity contribution in [1.82, 2.24) is 4.57 Å². The number of hydrogen-bond donors (Lipinski definition) is 2. The molecule has 1 heterocycles. The number of phenols is 1. The summed E-state index contributed by atoms with van der Waals surface area (Å²) in [5.41, 5.74) is 6.05. The third-order valence-corrected chi connectivity index (χ3v) is 4.47. The van der Waals surface area contributed by atoms with Crippen molar-refractivity contribution < 1.29 is 15.0 Å². The monoisotopic (exact) mass is 387 g/mol. The number of nitrogens with zero attached hydrogens (tertiary/aromatic N) is 3. The molecule has 2 N–H and O–H groups in total. The first-order valence-corrected chi connectivity index (χ1v) is 8.86. The van der Waals surface area contributed by atoms with Gasteiger partial charge in [-0.05, 0) is 49.2 Å². The summed E-state index contributed by atoms with van der Waals surface area (Å²) >= 11 is 0. The normalized spacial score (nSPS) is 9.69. The molecule has 146 valence electrons. The lowest BCUT2D eigenvalue weighted by Gasteiger charge is -2.10. The zero-order valence-corrected chi connectivity index (χ0v) is 16.5. The SMILES string of the molecule is CC(=O)O.Cc1c(C#N)c(-c2ccc(C#N)cc2)c(C)n1Cc1ccc(O)cc1. The van der Waals surface area contributed by atoms with Crippen molar-refractivity contribution in [2.75, 3.05) is 0 Å². The van der Waals surface area contributed by atoms with E-state index in [1.165, 1.54) is 0 Å². The largest absolute Gasteiger partial charge is 0.508 e. The van der Waals surface area contributed by atoms with Crippen LogP contribution in [0, 0.1) is 36.5 Å². The number of aliphatic carboxylic acids is 1. The van der Waals surface area contributed by atoms with Crippen LogP contribution in [0.25, 0.3) is 11.1 Å². The zero-order valence-electron chi connectivity index (χ0n) is 16.5. The van der Waals surface area contributed by atoms with Gasteiger partial charge in [0.15, 0.2) is 0 Å². The number of aromatic hydroxyl groups is 1. The molecule has 0 aliphatic rings. The molecule has 0 unspecified atom stereocenters. The zero-order chi connectivity index (χ0) is 21.6. The quantitative estimate of drug-likeness (QED) is 0.694. The Labute approximate surface area is 169 Å². The van der Waals surface area contributed by atoms with Gasteiger partial charge in [0.25, 0.3) is 5.97 Å². The van der Waals surface area contributed by atoms with Gasteiger partial charge in [-0.2, -0.15) is 10.5 Å². The molecule has 3 rings (SSSR count). The lowest BCUT2D eigenvalue weighted by molar-refractivity contribution is -0.134. The standard InChI is InChI=1S/C21H17N3O.C2H4O2/c1-14-20(12-23)21(18-7-3-16(11-22)4-8-18)15(2)24(14)13-17-5-9-19(25)10-6-17;1-2(3)4/h3-10,25H,13H2,1-2H3;1H3,(H,3,4). The Morgan fingerprint density at radius 1 is 0.966 bits per heavy atom. The number of carbonyl (C=O) groups is 1. The van der Waals surface area contributed by atoms with Crippen LogP contribution in [-0.4, -0.2) is 20.7 Å². The summed E-state index contributed by atoms with van der Waals surface area (Å²) in [5.74, 6) is -0.597. The number of hydrogen-bond acceptors (Lipinski definition) is 4. The molecule has 0 aliphatic heterocycles. The Kier molecular flexibility index (Phi) is 6.79. The van der Waals surface area contributed by atoms with Gasteiger partial charge in [0.2, 0.25) is 0 Å². The molecular weight excluding hydrogens is 366 g/mol. The average Bonchev–Trinajstić information content (AvgIpc) is 2.93. The van der Waals surface area contributed by atoms with Crippen LogP contribution in [-0.2, 0) is 11.3 Å². The third kappa shape index (κ3) is 5.03. The first-order chi connectivity index (χ1) is 13.8. The molecule has 0 saturated heterocycles. The first-order valence-electron chi connectivity index (χ1n) is 8.86. The van der Waals surface area contributed by atoms with Crippen LogP contribution >= 0.6 is 0 Å². The maximum absolute atomic E-state index is 9.65. The van der Waals surface area contributed by atoms with Crippen molar-refractivity contribution in [1.29, 1.82) is 10.5 Å². The van der Waals surface area contributed by atoms with Gasteiger partial charge in [0.1, 0.15) is 11.8 Å². The Balaban J connectivity index is 0.000000687. The summed E-state index contributed by atoms with van der Waals surface area (Å²) in [6, 6.07) is 18.8. The fraction of sp³-hybridized carbons (Fsp3) is 0.174. The van der Waals surface area contributed by atoms with Gasteiger partial charge in [0.05, 0.1) is 17.2 Å². The molecule has 0 atom stereocenters. The minimum Gasteiger partial charge on any atom is -0.508 e. The minimum atomic E-state index is -0.833. The second-order valence-electron chi connectivity index (χ2n) is 6.49. The molecule has 6 nitrogen and oxygen atoms in total. The Morgan fingerprint density at radius 3 is 2.00 bits per heavy atom. The number of phenolic OH excluding ortho intramolecular Hbond substituents is 1. The van der Waals surface area contributed by atoms with Crippen molar-refractivity contribution in [3.63, 3.8) is 0 Å². The van der Waals surface area contributed by atoms with Gasteiger partial charge < -0.3 is 14.8 Å². The fourth-order valence-corrected chi connectivity index (χ4v) is 3.11. The molecule has 29 heavy (non-hydrogen) atoms. The second kappa shape index (κ2) is 9.25. The Bertz CT molecular complexity index is 1090. The Morgan fingerprint density at radius 2 is 1.52 bits per heavy atom. The number of aromatic nitrogens is 1.